The maximum Gasteiger partial charge on any atom is 0.319 e. The van der Waals surface area contributed by atoms with Crippen LogP contribution in [-0.4, -0.2) is 18.0 Å². The van der Waals surface area contributed by atoms with Crippen molar-refractivity contribution in [3.8, 4) is 0 Å². The van der Waals surface area contributed by atoms with Gasteiger partial charge in [-0.3, -0.25) is 9.59 Å². The molecule has 3 atom stereocenters. The van der Waals surface area contributed by atoms with Gasteiger partial charge in [0.05, 0.1) is 0 Å². The lowest BCUT2D eigenvalue weighted by molar-refractivity contribution is -0.146. The van der Waals surface area contributed by atoms with E-state index < -0.39 is 17.8 Å². The van der Waals surface area contributed by atoms with Gasteiger partial charge in [0.1, 0.15) is 12.0 Å². The molecule has 2 aliphatic rings. The molecule has 72 valence electrons. The molecule has 2 fully saturated rings. The fourth-order valence-corrected chi connectivity index (χ4v) is 2.38. The molecular formula is C9H13NO3. The van der Waals surface area contributed by atoms with E-state index in [0.29, 0.717) is 0 Å². The van der Waals surface area contributed by atoms with E-state index in [0.717, 1.165) is 25.7 Å². The summed E-state index contributed by atoms with van der Waals surface area (Å²) in [7, 11) is 0. The number of fused-ring (bicyclic) bond motifs is 1. The minimum Gasteiger partial charge on any atom is -0.461 e. The molecule has 2 N–H and O–H groups in total. The van der Waals surface area contributed by atoms with Gasteiger partial charge in [0, 0.05) is 5.92 Å². The van der Waals surface area contributed by atoms with Crippen LogP contribution in [0.4, 0.5) is 0 Å². The molecule has 0 unspecified atom stereocenters. The maximum atomic E-state index is 11.3. The minimum atomic E-state index is -0.676. The van der Waals surface area contributed by atoms with Crippen molar-refractivity contribution >= 4 is 11.9 Å². The van der Waals surface area contributed by atoms with Crippen LogP contribution in [0.2, 0.25) is 0 Å². The summed E-state index contributed by atoms with van der Waals surface area (Å²) in [6.07, 6.45) is 3.89. The molecule has 0 aromatic carbocycles. The highest BCUT2D eigenvalue weighted by Gasteiger charge is 2.48. The molecule has 1 saturated heterocycles. The molecule has 0 radical (unpaired) electrons. The van der Waals surface area contributed by atoms with Crippen molar-refractivity contribution in [1.29, 1.82) is 0 Å². The Hall–Kier alpha value is -1.06. The van der Waals surface area contributed by atoms with E-state index in [2.05, 4.69) is 0 Å². The van der Waals surface area contributed by atoms with Crippen LogP contribution in [0.25, 0.3) is 0 Å². The van der Waals surface area contributed by atoms with Gasteiger partial charge >= 0.3 is 5.97 Å². The van der Waals surface area contributed by atoms with E-state index in [1.165, 1.54) is 0 Å². The van der Waals surface area contributed by atoms with Crippen LogP contribution in [0, 0.1) is 11.8 Å². The second kappa shape index (κ2) is 3.01. The first kappa shape index (κ1) is 8.53. The lowest BCUT2D eigenvalue weighted by atomic mass is 9.80. The third kappa shape index (κ3) is 1.30. The van der Waals surface area contributed by atoms with E-state index >= 15 is 0 Å². The number of esters is 1. The fraction of sp³-hybridized carbons (Fsp3) is 0.778. The molecule has 1 aliphatic heterocycles. The van der Waals surface area contributed by atoms with Crippen LogP contribution in [0.1, 0.15) is 25.7 Å². The summed E-state index contributed by atoms with van der Waals surface area (Å²) >= 11 is 0. The Morgan fingerprint density at radius 1 is 1.38 bits per heavy atom. The summed E-state index contributed by atoms with van der Waals surface area (Å²) in [6.45, 7) is 0. The van der Waals surface area contributed by atoms with Crippen molar-refractivity contribution in [2.45, 2.75) is 31.8 Å². The highest BCUT2D eigenvalue weighted by molar-refractivity contribution is 5.98. The normalized spacial score (nSPS) is 38.2. The van der Waals surface area contributed by atoms with E-state index in [1.54, 1.807) is 0 Å². The Morgan fingerprint density at radius 2 is 2.08 bits per heavy atom. The van der Waals surface area contributed by atoms with Gasteiger partial charge in [-0.05, 0) is 19.3 Å². The third-order valence-corrected chi connectivity index (χ3v) is 3.01. The number of primary amides is 1. The van der Waals surface area contributed by atoms with E-state index in [4.69, 9.17) is 10.5 Å². The molecule has 4 nitrogen and oxygen atoms in total. The summed E-state index contributed by atoms with van der Waals surface area (Å²) in [5, 5.41) is 0. The number of rotatable bonds is 1. The SMILES string of the molecule is NC(=O)[C@@H]1C(=O)O[C@@H]2CCCC[C@@H]12. The number of carbonyl (C=O) groups excluding carboxylic acids is 2. The molecule has 4 heteroatoms. The zero-order valence-corrected chi connectivity index (χ0v) is 7.36. The molecule has 0 bridgehead atoms. The largest absolute Gasteiger partial charge is 0.461 e. The second-order valence-electron chi connectivity index (χ2n) is 3.80. The third-order valence-electron chi connectivity index (χ3n) is 3.01. The predicted octanol–water partition coefficient (Wildman–Crippen LogP) is 0.203. The monoisotopic (exact) mass is 183 g/mol. The van der Waals surface area contributed by atoms with Crippen molar-refractivity contribution < 1.29 is 14.3 Å². The average molecular weight is 183 g/mol. The Balaban J connectivity index is 2.18. The average Bonchev–Trinajstić information content (AvgIpc) is 2.39. The molecule has 2 rings (SSSR count). The van der Waals surface area contributed by atoms with Crippen molar-refractivity contribution in [2.24, 2.45) is 17.6 Å². The smallest absolute Gasteiger partial charge is 0.319 e. The lowest BCUT2D eigenvalue weighted by Gasteiger charge is -2.23. The number of amides is 1. The number of hydrogen-bond acceptors (Lipinski definition) is 3. The topological polar surface area (TPSA) is 69.4 Å². The van der Waals surface area contributed by atoms with Gasteiger partial charge in [-0.2, -0.15) is 0 Å². The van der Waals surface area contributed by atoms with Gasteiger partial charge in [0.2, 0.25) is 5.91 Å². The first-order chi connectivity index (χ1) is 6.20. The quantitative estimate of drug-likeness (QED) is 0.466. The van der Waals surface area contributed by atoms with Gasteiger partial charge < -0.3 is 10.5 Å². The zero-order valence-electron chi connectivity index (χ0n) is 7.36. The Morgan fingerprint density at radius 3 is 2.77 bits per heavy atom. The zero-order chi connectivity index (χ0) is 9.42. The summed E-state index contributed by atoms with van der Waals surface area (Å²) in [5.41, 5.74) is 5.16. The van der Waals surface area contributed by atoms with Gasteiger partial charge in [-0.15, -0.1) is 0 Å². The van der Waals surface area contributed by atoms with Gasteiger partial charge in [0.25, 0.3) is 0 Å². The number of hydrogen-bond donors (Lipinski definition) is 1. The maximum absolute atomic E-state index is 11.3. The highest BCUT2D eigenvalue weighted by Crippen LogP contribution is 2.38. The Kier molecular flexibility index (Phi) is 1.98. The summed E-state index contributed by atoms with van der Waals surface area (Å²) in [5.74, 6) is -1.56. The molecule has 1 saturated carbocycles. The molecule has 1 aliphatic carbocycles. The Bertz CT molecular complexity index is 251. The fourth-order valence-electron chi connectivity index (χ4n) is 2.38. The van der Waals surface area contributed by atoms with Crippen LogP contribution in [-0.2, 0) is 14.3 Å². The number of carbonyl (C=O) groups is 2. The van der Waals surface area contributed by atoms with Crippen LogP contribution in [0.5, 0.6) is 0 Å². The molecule has 0 spiro atoms. The van der Waals surface area contributed by atoms with Crippen LogP contribution in [0.15, 0.2) is 0 Å². The predicted molar refractivity (Wildman–Crippen MR) is 44.5 cm³/mol. The van der Waals surface area contributed by atoms with Crippen molar-refractivity contribution in [3.05, 3.63) is 0 Å². The molecular weight excluding hydrogens is 170 g/mol. The molecule has 0 aromatic heterocycles. The van der Waals surface area contributed by atoms with Crippen LogP contribution in [0.3, 0.4) is 0 Å². The van der Waals surface area contributed by atoms with Crippen LogP contribution >= 0.6 is 0 Å². The number of nitrogens with two attached hydrogens (primary N) is 1. The second-order valence-corrected chi connectivity index (χ2v) is 3.80. The van der Waals surface area contributed by atoms with Crippen molar-refractivity contribution in [2.75, 3.05) is 0 Å². The van der Waals surface area contributed by atoms with Crippen molar-refractivity contribution in [1.82, 2.24) is 0 Å². The summed E-state index contributed by atoms with van der Waals surface area (Å²) < 4.78 is 5.10. The van der Waals surface area contributed by atoms with Gasteiger partial charge in [-0.25, -0.2) is 0 Å². The first-order valence-corrected chi connectivity index (χ1v) is 4.70. The summed E-state index contributed by atoms with van der Waals surface area (Å²) in [6, 6.07) is 0. The molecule has 1 heterocycles. The highest BCUT2D eigenvalue weighted by atomic mass is 16.6. The Labute approximate surface area is 76.4 Å². The minimum absolute atomic E-state index is 0.0428. The molecule has 1 amide bonds. The molecule has 13 heavy (non-hydrogen) atoms. The molecule has 0 aromatic rings. The van der Waals surface area contributed by atoms with E-state index in [9.17, 15) is 9.59 Å². The first-order valence-electron chi connectivity index (χ1n) is 4.70. The van der Waals surface area contributed by atoms with E-state index in [1.807, 2.05) is 0 Å². The standard InChI is InChI=1S/C9H13NO3/c10-8(11)7-5-3-1-2-4-6(5)13-9(7)12/h5-7H,1-4H2,(H2,10,11)/t5-,6-,7-/m1/s1. The van der Waals surface area contributed by atoms with Gasteiger partial charge in [0.15, 0.2) is 0 Å². The number of ether oxygens (including phenoxy) is 1. The summed E-state index contributed by atoms with van der Waals surface area (Å²) in [4.78, 5) is 22.2. The van der Waals surface area contributed by atoms with E-state index in [-0.39, 0.29) is 12.0 Å². The van der Waals surface area contributed by atoms with Crippen molar-refractivity contribution in [3.63, 3.8) is 0 Å². The van der Waals surface area contributed by atoms with Gasteiger partial charge in [-0.1, -0.05) is 6.42 Å². The lowest BCUT2D eigenvalue weighted by Crippen LogP contribution is -2.34. The van der Waals surface area contributed by atoms with Crippen LogP contribution < -0.4 is 5.73 Å².